The minimum atomic E-state index is 0.286. The lowest BCUT2D eigenvalue weighted by Gasteiger charge is -2.03. The summed E-state index contributed by atoms with van der Waals surface area (Å²) in [6.07, 6.45) is 0. The zero-order valence-electron chi connectivity index (χ0n) is 6.46. The van der Waals surface area contributed by atoms with Crippen LogP contribution in [-0.2, 0) is 6.54 Å². The Labute approximate surface area is 65.8 Å². The van der Waals surface area contributed by atoms with Gasteiger partial charge in [0, 0.05) is 12.1 Å². The van der Waals surface area contributed by atoms with Crippen LogP contribution in [-0.4, -0.2) is 5.11 Å². The number of aryl methyl sites for hydroxylation is 1. The van der Waals surface area contributed by atoms with Crippen molar-refractivity contribution in [2.75, 3.05) is 0 Å². The molecule has 1 aromatic rings. The van der Waals surface area contributed by atoms with Crippen LogP contribution in [0.2, 0.25) is 0 Å². The first-order chi connectivity index (χ1) is 5.24. The Hall–Kier alpha value is -1.06. The lowest BCUT2D eigenvalue weighted by Crippen LogP contribution is -2.20. The van der Waals surface area contributed by atoms with Gasteiger partial charge in [-0.2, -0.15) is 0 Å². The summed E-state index contributed by atoms with van der Waals surface area (Å²) in [4.78, 5) is 0. The number of nitrogens with two attached hydrogens (primary N) is 1. The molecule has 0 amide bonds. The first-order valence-electron chi connectivity index (χ1n) is 3.46. The third kappa shape index (κ3) is 1.93. The van der Waals surface area contributed by atoms with Gasteiger partial charge in [-0.1, -0.05) is 17.7 Å². The number of benzene rings is 1. The van der Waals surface area contributed by atoms with Crippen LogP contribution >= 0.6 is 0 Å². The van der Waals surface area contributed by atoms with Gasteiger partial charge in [-0.25, -0.2) is 0 Å². The lowest BCUT2D eigenvalue weighted by atomic mass is 10.1. The Morgan fingerprint density at radius 3 is 2.91 bits per heavy atom. The van der Waals surface area contributed by atoms with Crippen LogP contribution in [0.4, 0.5) is 0 Å². The van der Waals surface area contributed by atoms with Crippen molar-refractivity contribution in [3.8, 4) is 5.75 Å². The number of phenols is 1. The van der Waals surface area contributed by atoms with Crippen molar-refractivity contribution >= 4 is 0 Å². The molecular formula is C8H12N2O. The van der Waals surface area contributed by atoms with Crippen molar-refractivity contribution in [1.29, 1.82) is 0 Å². The molecule has 3 nitrogen and oxygen atoms in total. The van der Waals surface area contributed by atoms with E-state index in [-0.39, 0.29) is 5.75 Å². The SMILES string of the molecule is Cc1ccc(O)c(CNN)c1. The number of phenolic OH excluding ortho intramolecular Hbond substituents is 1. The largest absolute Gasteiger partial charge is 0.508 e. The standard InChI is InChI=1S/C8H12N2O/c1-6-2-3-8(11)7(4-6)5-10-9/h2-4,10-11H,5,9H2,1H3. The average Bonchev–Trinajstić information content (AvgIpc) is 1.98. The molecule has 0 spiro atoms. The molecule has 0 atom stereocenters. The fourth-order valence-electron chi connectivity index (χ4n) is 0.966. The van der Waals surface area contributed by atoms with E-state index >= 15 is 0 Å². The second kappa shape index (κ2) is 3.37. The van der Waals surface area contributed by atoms with E-state index < -0.39 is 0 Å². The van der Waals surface area contributed by atoms with Crippen molar-refractivity contribution in [2.45, 2.75) is 13.5 Å². The van der Waals surface area contributed by atoms with Crippen LogP contribution in [0, 0.1) is 6.92 Å². The van der Waals surface area contributed by atoms with Gasteiger partial charge in [0.1, 0.15) is 5.75 Å². The van der Waals surface area contributed by atoms with Crippen LogP contribution < -0.4 is 11.3 Å². The van der Waals surface area contributed by atoms with E-state index in [0.717, 1.165) is 11.1 Å². The normalized spacial score (nSPS) is 10.0. The highest BCUT2D eigenvalue weighted by Gasteiger charge is 1.98. The Morgan fingerprint density at radius 2 is 2.27 bits per heavy atom. The van der Waals surface area contributed by atoms with Crippen molar-refractivity contribution in [1.82, 2.24) is 5.43 Å². The van der Waals surface area contributed by atoms with E-state index in [1.807, 2.05) is 19.1 Å². The smallest absolute Gasteiger partial charge is 0.120 e. The number of rotatable bonds is 2. The van der Waals surface area contributed by atoms with E-state index in [1.165, 1.54) is 0 Å². The summed E-state index contributed by atoms with van der Waals surface area (Å²) in [6.45, 7) is 2.47. The zero-order chi connectivity index (χ0) is 8.27. The molecule has 0 heterocycles. The summed E-state index contributed by atoms with van der Waals surface area (Å²) in [6, 6.07) is 5.42. The molecule has 4 N–H and O–H groups in total. The summed E-state index contributed by atoms with van der Waals surface area (Å²) in [5, 5.41) is 9.27. The van der Waals surface area contributed by atoms with E-state index in [2.05, 4.69) is 5.43 Å². The molecular weight excluding hydrogens is 140 g/mol. The second-order valence-corrected chi connectivity index (χ2v) is 2.51. The minimum Gasteiger partial charge on any atom is -0.508 e. The monoisotopic (exact) mass is 152 g/mol. The predicted octanol–water partition coefficient (Wildman–Crippen LogP) is 0.664. The summed E-state index contributed by atoms with van der Waals surface area (Å²) in [5.74, 6) is 5.40. The molecule has 3 heteroatoms. The first-order valence-corrected chi connectivity index (χ1v) is 3.46. The molecule has 0 unspecified atom stereocenters. The maximum Gasteiger partial charge on any atom is 0.120 e. The Bertz CT molecular complexity index is 248. The molecule has 0 saturated carbocycles. The number of hydrogen-bond donors (Lipinski definition) is 3. The van der Waals surface area contributed by atoms with E-state index in [1.54, 1.807) is 6.07 Å². The summed E-state index contributed by atoms with van der Waals surface area (Å²) >= 11 is 0. The van der Waals surface area contributed by atoms with Gasteiger partial charge in [0.05, 0.1) is 0 Å². The number of nitrogens with one attached hydrogen (secondary N) is 1. The number of aromatic hydroxyl groups is 1. The van der Waals surface area contributed by atoms with E-state index in [4.69, 9.17) is 5.84 Å². The third-order valence-corrected chi connectivity index (χ3v) is 1.53. The Morgan fingerprint density at radius 1 is 1.55 bits per heavy atom. The molecule has 11 heavy (non-hydrogen) atoms. The average molecular weight is 152 g/mol. The van der Waals surface area contributed by atoms with E-state index in [0.29, 0.717) is 6.54 Å². The van der Waals surface area contributed by atoms with Crippen LogP contribution in [0.3, 0.4) is 0 Å². The van der Waals surface area contributed by atoms with Gasteiger partial charge < -0.3 is 5.11 Å². The quantitative estimate of drug-likeness (QED) is 0.431. The van der Waals surface area contributed by atoms with Crippen LogP contribution in [0.25, 0.3) is 0 Å². The summed E-state index contributed by atoms with van der Waals surface area (Å²) < 4.78 is 0. The molecule has 0 aromatic heterocycles. The van der Waals surface area contributed by atoms with Crippen LogP contribution in [0.15, 0.2) is 18.2 Å². The number of hydrogen-bond acceptors (Lipinski definition) is 3. The fourth-order valence-corrected chi connectivity index (χ4v) is 0.966. The molecule has 60 valence electrons. The van der Waals surface area contributed by atoms with Gasteiger partial charge in [0.2, 0.25) is 0 Å². The third-order valence-electron chi connectivity index (χ3n) is 1.53. The molecule has 0 aliphatic rings. The number of hydrazine groups is 1. The van der Waals surface area contributed by atoms with Crippen molar-refractivity contribution in [3.05, 3.63) is 29.3 Å². The maximum absolute atomic E-state index is 9.27. The molecule has 0 saturated heterocycles. The topological polar surface area (TPSA) is 58.3 Å². The van der Waals surface area contributed by atoms with Gasteiger partial charge in [-0.15, -0.1) is 0 Å². The molecule has 0 bridgehead atoms. The molecule has 1 aromatic carbocycles. The van der Waals surface area contributed by atoms with Gasteiger partial charge in [0.25, 0.3) is 0 Å². The van der Waals surface area contributed by atoms with Gasteiger partial charge in [0.15, 0.2) is 0 Å². The van der Waals surface area contributed by atoms with Gasteiger partial charge in [-0.05, 0) is 13.0 Å². The van der Waals surface area contributed by atoms with Crippen molar-refractivity contribution < 1.29 is 5.11 Å². The van der Waals surface area contributed by atoms with E-state index in [9.17, 15) is 5.11 Å². The molecule has 1 rings (SSSR count). The lowest BCUT2D eigenvalue weighted by molar-refractivity contribution is 0.465. The molecule has 0 radical (unpaired) electrons. The highest BCUT2D eigenvalue weighted by atomic mass is 16.3. The molecule has 0 aliphatic carbocycles. The van der Waals surface area contributed by atoms with Crippen LogP contribution in [0.5, 0.6) is 5.75 Å². The molecule has 0 aliphatic heterocycles. The Balaban J connectivity index is 2.93. The van der Waals surface area contributed by atoms with Gasteiger partial charge >= 0.3 is 0 Å². The highest BCUT2D eigenvalue weighted by molar-refractivity contribution is 5.35. The zero-order valence-corrected chi connectivity index (χ0v) is 6.46. The second-order valence-electron chi connectivity index (χ2n) is 2.51. The molecule has 0 fully saturated rings. The maximum atomic E-state index is 9.27. The van der Waals surface area contributed by atoms with Crippen molar-refractivity contribution in [3.63, 3.8) is 0 Å². The predicted molar refractivity (Wildman–Crippen MR) is 43.9 cm³/mol. The van der Waals surface area contributed by atoms with Crippen LogP contribution in [0.1, 0.15) is 11.1 Å². The summed E-state index contributed by atoms with van der Waals surface area (Å²) in [7, 11) is 0. The fraction of sp³-hybridized carbons (Fsp3) is 0.250. The minimum absolute atomic E-state index is 0.286. The van der Waals surface area contributed by atoms with Gasteiger partial charge in [-0.3, -0.25) is 11.3 Å². The first kappa shape index (κ1) is 8.04. The highest BCUT2D eigenvalue weighted by Crippen LogP contribution is 2.17. The Kier molecular flexibility index (Phi) is 2.46. The van der Waals surface area contributed by atoms with Crippen molar-refractivity contribution in [2.24, 2.45) is 5.84 Å². The summed E-state index contributed by atoms with van der Waals surface area (Å²) in [5.41, 5.74) is 4.44.